The molecular formula is C12H18ClN3O2. The SMILES string of the molecule is Cn1ccc(C(=O)N2CC(CCl)OC(C)(C)C2)n1. The zero-order valence-electron chi connectivity index (χ0n) is 10.9. The van der Waals surface area contributed by atoms with Gasteiger partial charge in [-0.2, -0.15) is 5.10 Å². The van der Waals surface area contributed by atoms with Gasteiger partial charge in [0.25, 0.3) is 5.91 Å². The number of rotatable bonds is 2. The molecule has 0 aliphatic carbocycles. The van der Waals surface area contributed by atoms with Crippen LogP contribution in [0.2, 0.25) is 0 Å². The third-order valence-electron chi connectivity index (χ3n) is 2.87. The van der Waals surface area contributed by atoms with Gasteiger partial charge in [-0.25, -0.2) is 0 Å². The van der Waals surface area contributed by atoms with Crippen molar-refractivity contribution in [2.45, 2.75) is 25.6 Å². The molecule has 0 aromatic carbocycles. The normalized spacial score (nSPS) is 23.1. The van der Waals surface area contributed by atoms with E-state index in [-0.39, 0.29) is 17.6 Å². The van der Waals surface area contributed by atoms with Crippen LogP contribution < -0.4 is 0 Å². The van der Waals surface area contributed by atoms with E-state index in [4.69, 9.17) is 16.3 Å². The number of aromatic nitrogens is 2. The van der Waals surface area contributed by atoms with Crippen LogP contribution in [0.4, 0.5) is 0 Å². The molecule has 1 saturated heterocycles. The molecule has 1 aromatic rings. The molecule has 100 valence electrons. The van der Waals surface area contributed by atoms with Crippen molar-refractivity contribution < 1.29 is 9.53 Å². The van der Waals surface area contributed by atoms with Crippen molar-refractivity contribution in [1.82, 2.24) is 14.7 Å². The van der Waals surface area contributed by atoms with Crippen LogP contribution in [0, 0.1) is 0 Å². The van der Waals surface area contributed by atoms with Crippen LogP contribution in [0.15, 0.2) is 12.3 Å². The Balaban J connectivity index is 2.14. The Hall–Kier alpha value is -1.07. The molecule has 0 radical (unpaired) electrons. The number of hydrogen-bond donors (Lipinski definition) is 0. The third-order valence-corrected chi connectivity index (χ3v) is 3.22. The number of carbonyl (C=O) groups is 1. The van der Waals surface area contributed by atoms with Crippen LogP contribution in [0.1, 0.15) is 24.3 Å². The van der Waals surface area contributed by atoms with Crippen LogP contribution in [0.5, 0.6) is 0 Å². The molecule has 1 amide bonds. The first-order chi connectivity index (χ1) is 8.41. The molecule has 1 unspecified atom stereocenters. The Morgan fingerprint density at radius 2 is 2.39 bits per heavy atom. The van der Waals surface area contributed by atoms with Crippen LogP contribution >= 0.6 is 11.6 Å². The lowest BCUT2D eigenvalue weighted by molar-refractivity contribution is -0.117. The molecule has 0 saturated carbocycles. The Morgan fingerprint density at radius 1 is 1.67 bits per heavy atom. The van der Waals surface area contributed by atoms with Crippen LogP contribution in [0.25, 0.3) is 0 Å². The molecule has 1 aliphatic rings. The lowest BCUT2D eigenvalue weighted by atomic mass is 10.1. The monoisotopic (exact) mass is 271 g/mol. The number of morpholine rings is 1. The first-order valence-electron chi connectivity index (χ1n) is 5.94. The topological polar surface area (TPSA) is 47.4 Å². The van der Waals surface area contributed by atoms with Crippen LogP contribution in [0.3, 0.4) is 0 Å². The van der Waals surface area contributed by atoms with E-state index in [1.807, 2.05) is 13.8 Å². The minimum atomic E-state index is -0.373. The van der Waals surface area contributed by atoms with Gasteiger partial charge in [-0.15, -0.1) is 11.6 Å². The number of aryl methyl sites for hydroxylation is 1. The Morgan fingerprint density at radius 3 is 2.94 bits per heavy atom. The molecular weight excluding hydrogens is 254 g/mol. The smallest absolute Gasteiger partial charge is 0.274 e. The van der Waals surface area contributed by atoms with Crippen LogP contribution in [-0.2, 0) is 11.8 Å². The maximum Gasteiger partial charge on any atom is 0.274 e. The maximum absolute atomic E-state index is 12.3. The highest BCUT2D eigenvalue weighted by Gasteiger charge is 2.36. The minimum absolute atomic E-state index is 0.0675. The Labute approximate surface area is 112 Å². The number of alkyl halides is 1. The molecule has 1 atom stereocenters. The lowest BCUT2D eigenvalue weighted by Crippen LogP contribution is -2.55. The molecule has 0 N–H and O–H groups in total. The van der Waals surface area contributed by atoms with Crippen molar-refractivity contribution in [2.24, 2.45) is 7.05 Å². The molecule has 1 aliphatic heterocycles. The fraction of sp³-hybridized carbons (Fsp3) is 0.667. The van der Waals surface area contributed by atoms with Gasteiger partial charge in [-0.05, 0) is 19.9 Å². The molecule has 5 nitrogen and oxygen atoms in total. The van der Waals surface area contributed by atoms with Crippen molar-refractivity contribution in [3.63, 3.8) is 0 Å². The Kier molecular flexibility index (Phi) is 3.64. The highest BCUT2D eigenvalue weighted by atomic mass is 35.5. The van der Waals surface area contributed by atoms with Crippen LogP contribution in [-0.4, -0.2) is 51.3 Å². The quantitative estimate of drug-likeness (QED) is 0.762. The van der Waals surface area contributed by atoms with Gasteiger partial charge < -0.3 is 9.64 Å². The van der Waals surface area contributed by atoms with E-state index in [1.165, 1.54) is 0 Å². The summed E-state index contributed by atoms with van der Waals surface area (Å²) in [5, 5.41) is 4.14. The van der Waals surface area contributed by atoms with Gasteiger partial charge in [-0.3, -0.25) is 9.48 Å². The van der Waals surface area contributed by atoms with Gasteiger partial charge in [0.2, 0.25) is 0 Å². The standard InChI is InChI=1S/C12H18ClN3O2/c1-12(2)8-16(7-9(6-13)18-12)11(17)10-4-5-15(3)14-10/h4-5,9H,6-8H2,1-3H3. The number of amides is 1. The minimum Gasteiger partial charge on any atom is -0.367 e. The molecule has 6 heteroatoms. The number of halogens is 1. The van der Waals surface area contributed by atoms with Gasteiger partial charge in [0, 0.05) is 26.3 Å². The number of carbonyl (C=O) groups excluding carboxylic acids is 1. The highest BCUT2D eigenvalue weighted by Crippen LogP contribution is 2.22. The van der Waals surface area contributed by atoms with E-state index in [9.17, 15) is 4.79 Å². The molecule has 0 spiro atoms. The summed E-state index contributed by atoms with van der Waals surface area (Å²) in [6, 6.07) is 1.72. The van der Waals surface area contributed by atoms with Crippen molar-refractivity contribution in [3.8, 4) is 0 Å². The predicted molar refractivity (Wildman–Crippen MR) is 68.8 cm³/mol. The third kappa shape index (κ3) is 2.84. The fourth-order valence-electron chi connectivity index (χ4n) is 2.22. The van der Waals surface area contributed by atoms with E-state index in [0.717, 1.165) is 0 Å². The van der Waals surface area contributed by atoms with Gasteiger partial charge in [0.05, 0.1) is 17.6 Å². The average molecular weight is 272 g/mol. The van der Waals surface area contributed by atoms with Gasteiger partial charge in [0.1, 0.15) is 5.69 Å². The largest absolute Gasteiger partial charge is 0.367 e. The first kappa shape index (κ1) is 13.4. The predicted octanol–water partition coefficient (Wildman–Crippen LogP) is 1.28. The first-order valence-corrected chi connectivity index (χ1v) is 6.47. The summed E-state index contributed by atoms with van der Waals surface area (Å²) in [5.74, 6) is 0.317. The summed E-state index contributed by atoms with van der Waals surface area (Å²) >= 11 is 5.85. The maximum atomic E-state index is 12.3. The summed E-state index contributed by atoms with van der Waals surface area (Å²) < 4.78 is 7.42. The van der Waals surface area contributed by atoms with Gasteiger partial charge >= 0.3 is 0 Å². The van der Waals surface area contributed by atoms with E-state index in [2.05, 4.69) is 5.10 Å². The van der Waals surface area contributed by atoms with E-state index >= 15 is 0 Å². The van der Waals surface area contributed by atoms with E-state index in [1.54, 1.807) is 28.9 Å². The van der Waals surface area contributed by atoms with Crippen molar-refractivity contribution in [1.29, 1.82) is 0 Å². The fourth-order valence-corrected chi connectivity index (χ4v) is 2.38. The summed E-state index contributed by atoms with van der Waals surface area (Å²) in [5.41, 5.74) is 0.0888. The van der Waals surface area contributed by atoms with Gasteiger partial charge in [0.15, 0.2) is 0 Å². The molecule has 2 heterocycles. The summed E-state index contributed by atoms with van der Waals surface area (Å²) in [6.07, 6.45) is 1.64. The molecule has 1 fully saturated rings. The zero-order chi connectivity index (χ0) is 13.3. The second kappa shape index (κ2) is 4.90. The zero-order valence-corrected chi connectivity index (χ0v) is 11.6. The lowest BCUT2D eigenvalue weighted by Gasteiger charge is -2.42. The molecule has 2 rings (SSSR count). The second-order valence-corrected chi connectivity index (χ2v) is 5.52. The van der Waals surface area contributed by atoms with Crippen molar-refractivity contribution >= 4 is 17.5 Å². The summed E-state index contributed by atoms with van der Waals surface area (Å²) in [4.78, 5) is 14.1. The molecule has 0 bridgehead atoms. The van der Waals surface area contributed by atoms with Crippen molar-refractivity contribution in [2.75, 3.05) is 19.0 Å². The average Bonchev–Trinajstić information content (AvgIpc) is 2.72. The van der Waals surface area contributed by atoms with Crippen molar-refractivity contribution in [3.05, 3.63) is 18.0 Å². The molecule has 18 heavy (non-hydrogen) atoms. The summed E-state index contributed by atoms with van der Waals surface area (Å²) in [7, 11) is 1.79. The number of hydrogen-bond acceptors (Lipinski definition) is 3. The van der Waals surface area contributed by atoms with E-state index < -0.39 is 0 Å². The van der Waals surface area contributed by atoms with Gasteiger partial charge in [-0.1, -0.05) is 0 Å². The Bertz CT molecular complexity index is 444. The summed E-state index contributed by atoms with van der Waals surface area (Å²) in [6.45, 7) is 4.99. The van der Waals surface area contributed by atoms with E-state index in [0.29, 0.717) is 24.7 Å². The number of ether oxygens (including phenoxy) is 1. The molecule has 1 aromatic heterocycles. The highest BCUT2D eigenvalue weighted by molar-refractivity contribution is 6.18. The second-order valence-electron chi connectivity index (χ2n) is 5.21. The number of nitrogens with zero attached hydrogens (tertiary/aromatic N) is 3.